The summed E-state index contributed by atoms with van der Waals surface area (Å²) in [5, 5.41) is 15.3. The van der Waals surface area contributed by atoms with E-state index in [-0.39, 0.29) is 5.69 Å². The molecule has 7 nitrogen and oxygen atoms in total. The van der Waals surface area contributed by atoms with E-state index in [4.69, 9.17) is 0 Å². The van der Waals surface area contributed by atoms with E-state index in [1.807, 2.05) is 31.2 Å². The predicted octanol–water partition coefficient (Wildman–Crippen LogP) is 0.876. The predicted molar refractivity (Wildman–Crippen MR) is 91.3 cm³/mol. The van der Waals surface area contributed by atoms with Gasteiger partial charge in [0.05, 0.1) is 31.1 Å². The third-order valence-corrected chi connectivity index (χ3v) is 3.80. The normalized spacial score (nSPS) is 11.1. The zero-order valence-electron chi connectivity index (χ0n) is 13.8. The van der Waals surface area contributed by atoms with Crippen LogP contribution in [0, 0.1) is 10.1 Å². The molecule has 0 radical (unpaired) electrons. The SMILES string of the molecule is CCn1c(=O)c([N+](=O)[O-])c(NCCC[NH+](C)C)c2ccccc21. The van der Waals surface area contributed by atoms with Gasteiger partial charge in [0.15, 0.2) is 0 Å². The van der Waals surface area contributed by atoms with Gasteiger partial charge in [-0.15, -0.1) is 0 Å². The van der Waals surface area contributed by atoms with Crippen molar-refractivity contribution in [3.63, 3.8) is 0 Å². The number of nitrogens with one attached hydrogen (secondary N) is 2. The molecule has 0 saturated heterocycles. The number of quaternary nitrogens is 1. The third-order valence-electron chi connectivity index (χ3n) is 3.80. The maximum absolute atomic E-state index is 12.5. The molecule has 0 fully saturated rings. The van der Waals surface area contributed by atoms with Gasteiger partial charge in [-0.1, -0.05) is 18.2 Å². The molecule has 1 aromatic heterocycles. The molecule has 23 heavy (non-hydrogen) atoms. The van der Waals surface area contributed by atoms with Gasteiger partial charge in [-0.2, -0.15) is 0 Å². The molecule has 2 rings (SSSR count). The van der Waals surface area contributed by atoms with Crippen LogP contribution in [0.15, 0.2) is 29.1 Å². The Hall–Kier alpha value is -2.41. The van der Waals surface area contributed by atoms with E-state index >= 15 is 0 Å². The third kappa shape index (κ3) is 3.50. The summed E-state index contributed by atoms with van der Waals surface area (Å²) in [4.78, 5) is 24.7. The fourth-order valence-electron chi connectivity index (χ4n) is 2.71. The molecule has 0 aliphatic heterocycles. The van der Waals surface area contributed by atoms with E-state index in [2.05, 4.69) is 19.4 Å². The summed E-state index contributed by atoms with van der Waals surface area (Å²) in [5.41, 5.74) is 0.111. The number of aromatic nitrogens is 1. The lowest BCUT2D eigenvalue weighted by Gasteiger charge is -2.14. The van der Waals surface area contributed by atoms with E-state index in [1.54, 1.807) is 0 Å². The lowest BCUT2D eigenvalue weighted by molar-refractivity contribution is -0.858. The van der Waals surface area contributed by atoms with Crippen LogP contribution < -0.4 is 15.8 Å². The number of pyridine rings is 1. The molecule has 1 aromatic carbocycles. The van der Waals surface area contributed by atoms with Gasteiger partial charge in [0.1, 0.15) is 5.69 Å². The number of nitro groups is 1. The van der Waals surface area contributed by atoms with E-state index in [9.17, 15) is 14.9 Å². The lowest BCUT2D eigenvalue weighted by Crippen LogP contribution is -3.05. The van der Waals surface area contributed by atoms with E-state index in [0.717, 1.165) is 13.0 Å². The molecule has 124 valence electrons. The van der Waals surface area contributed by atoms with Gasteiger partial charge < -0.3 is 14.8 Å². The van der Waals surface area contributed by atoms with Gasteiger partial charge in [-0.05, 0) is 13.0 Å². The molecule has 1 heterocycles. The molecule has 0 bridgehead atoms. The number of aryl methyl sites for hydroxylation is 1. The summed E-state index contributed by atoms with van der Waals surface area (Å²) in [6.07, 6.45) is 0.866. The van der Waals surface area contributed by atoms with Gasteiger partial charge in [-0.25, -0.2) is 0 Å². The number of rotatable bonds is 7. The smallest absolute Gasteiger partial charge is 0.357 e. The second-order valence-corrected chi connectivity index (χ2v) is 5.78. The number of benzene rings is 1. The fourth-order valence-corrected chi connectivity index (χ4v) is 2.71. The van der Waals surface area contributed by atoms with Gasteiger partial charge in [0, 0.05) is 24.9 Å². The number of hydrogen-bond donors (Lipinski definition) is 2. The van der Waals surface area contributed by atoms with Crippen molar-refractivity contribution in [1.82, 2.24) is 4.57 Å². The molecular weight excluding hydrogens is 296 g/mol. The van der Waals surface area contributed by atoms with Gasteiger partial charge in [-0.3, -0.25) is 14.9 Å². The highest BCUT2D eigenvalue weighted by Crippen LogP contribution is 2.29. The Morgan fingerprint density at radius 2 is 2.00 bits per heavy atom. The lowest BCUT2D eigenvalue weighted by atomic mass is 10.1. The molecule has 0 atom stereocenters. The second kappa shape index (κ2) is 7.23. The summed E-state index contributed by atoms with van der Waals surface area (Å²) in [6.45, 7) is 3.74. The molecule has 0 aliphatic rings. The van der Waals surface area contributed by atoms with Crippen LogP contribution in [-0.2, 0) is 6.54 Å². The van der Waals surface area contributed by atoms with Crippen LogP contribution in [0.2, 0.25) is 0 Å². The molecule has 0 amide bonds. The summed E-state index contributed by atoms with van der Waals surface area (Å²) in [6, 6.07) is 7.29. The first-order chi connectivity index (χ1) is 11.0. The Bertz CT molecular complexity index is 768. The molecule has 2 aromatic rings. The van der Waals surface area contributed by atoms with E-state index in [0.29, 0.717) is 29.7 Å². The number of hydrogen-bond acceptors (Lipinski definition) is 4. The highest BCUT2D eigenvalue weighted by molar-refractivity contribution is 5.96. The van der Waals surface area contributed by atoms with Crippen LogP contribution in [0.5, 0.6) is 0 Å². The van der Waals surface area contributed by atoms with Crippen LogP contribution in [-0.4, -0.2) is 36.7 Å². The highest BCUT2D eigenvalue weighted by atomic mass is 16.6. The zero-order chi connectivity index (χ0) is 17.0. The molecule has 7 heteroatoms. The Balaban J connectivity index is 2.54. The first-order valence-corrected chi connectivity index (χ1v) is 7.80. The van der Waals surface area contributed by atoms with E-state index < -0.39 is 10.5 Å². The number of fused-ring (bicyclic) bond motifs is 1. The average molecular weight is 319 g/mol. The van der Waals surface area contributed by atoms with Crippen molar-refractivity contribution in [3.05, 3.63) is 44.7 Å². The first kappa shape index (κ1) is 17.0. The topological polar surface area (TPSA) is 81.6 Å². The van der Waals surface area contributed by atoms with Gasteiger partial charge in [0.2, 0.25) is 0 Å². The Morgan fingerprint density at radius 3 is 2.61 bits per heavy atom. The van der Waals surface area contributed by atoms with Crippen molar-refractivity contribution in [2.75, 3.05) is 32.5 Å². The van der Waals surface area contributed by atoms with E-state index in [1.165, 1.54) is 9.47 Å². The first-order valence-electron chi connectivity index (χ1n) is 7.80. The molecule has 0 spiro atoms. The maximum atomic E-state index is 12.5. The highest BCUT2D eigenvalue weighted by Gasteiger charge is 2.25. The quantitative estimate of drug-likeness (QED) is 0.451. The Morgan fingerprint density at radius 1 is 1.30 bits per heavy atom. The largest absolute Gasteiger partial charge is 0.379 e. The minimum Gasteiger partial charge on any atom is -0.379 e. The van der Waals surface area contributed by atoms with Crippen molar-refractivity contribution in [2.24, 2.45) is 0 Å². The standard InChI is InChI=1S/C16H22N4O3/c1-4-19-13-9-6-5-8-12(13)14(15(16(19)21)20(22)23)17-10-7-11-18(2)3/h5-6,8-9,17H,4,7,10-11H2,1-3H3/p+1. The monoisotopic (exact) mass is 319 g/mol. The van der Waals surface area contributed by atoms with Gasteiger partial charge >= 0.3 is 11.2 Å². The number of anilines is 1. The maximum Gasteiger partial charge on any atom is 0.357 e. The van der Waals surface area contributed by atoms with Crippen molar-refractivity contribution in [2.45, 2.75) is 19.9 Å². The van der Waals surface area contributed by atoms with Crippen LogP contribution in [0.3, 0.4) is 0 Å². The van der Waals surface area contributed by atoms with Crippen LogP contribution in [0.1, 0.15) is 13.3 Å². The number of nitrogens with zero attached hydrogens (tertiary/aromatic N) is 2. The van der Waals surface area contributed by atoms with Crippen molar-refractivity contribution in [3.8, 4) is 0 Å². The van der Waals surface area contributed by atoms with Crippen molar-refractivity contribution in [1.29, 1.82) is 0 Å². The molecule has 0 aliphatic carbocycles. The fraction of sp³-hybridized carbons (Fsp3) is 0.438. The molecule has 0 saturated carbocycles. The average Bonchev–Trinajstić information content (AvgIpc) is 2.50. The summed E-state index contributed by atoms with van der Waals surface area (Å²) >= 11 is 0. The summed E-state index contributed by atoms with van der Waals surface area (Å²) < 4.78 is 1.45. The molecule has 0 unspecified atom stereocenters. The van der Waals surface area contributed by atoms with Crippen molar-refractivity contribution >= 4 is 22.3 Å². The zero-order valence-corrected chi connectivity index (χ0v) is 13.8. The van der Waals surface area contributed by atoms with Crippen LogP contribution in [0.4, 0.5) is 11.4 Å². The summed E-state index contributed by atoms with van der Waals surface area (Å²) in [7, 11) is 4.11. The second-order valence-electron chi connectivity index (χ2n) is 5.78. The minimum atomic E-state index is -0.583. The van der Waals surface area contributed by atoms with Crippen LogP contribution in [0.25, 0.3) is 10.9 Å². The Labute approximate surface area is 134 Å². The summed E-state index contributed by atoms with van der Waals surface area (Å²) in [5.74, 6) is 0. The minimum absolute atomic E-state index is 0.328. The van der Waals surface area contributed by atoms with Crippen LogP contribution >= 0.6 is 0 Å². The van der Waals surface area contributed by atoms with Gasteiger partial charge in [0.25, 0.3) is 0 Å². The molecule has 2 N–H and O–H groups in total. The molecular formula is C16H23N4O3+. The van der Waals surface area contributed by atoms with Crippen molar-refractivity contribution < 1.29 is 9.82 Å². The Kier molecular flexibility index (Phi) is 5.33. The number of para-hydroxylation sites is 1.